The summed E-state index contributed by atoms with van der Waals surface area (Å²) in [6.07, 6.45) is 0.101. The summed E-state index contributed by atoms with van der Waals surface area (Å²) in [6, 6.07) is 12.7. The standard InChI is InChI=1S/C23H26N2O4/c1-14(2)17-10-7-8-15(3)21(17)24-22(27)16-12-20(26)25(13-16)19-11-6-5-9-18(19)23(28)29-4/h5-11,14,16H,12-13H2,1-4H3,(H,24,27). The summed E-state index contributed by atoms with van der Waals surface area (Å²) < 4.78 is 4.82. The number of hydrogen-bond donors (Lipinski definition) is 1. The smallest absolute Gasteiger partial charge is 0.339 e. The topological polar surface area (TPSA) is 75.7 Å². The molecule has 0 aliphatic carbocycles. The molecule has 1 heterocycles. The quantitative estimate of drug-likeness (QED) is 0.781. The molecule has 0 bridgehead atoms. The lowest BCUT2D eigenvalue weighted by Crippen LogP contribution is -2.29. The van der Waals surface area contributed by atoms with Gasteiger partial charge in [-0.1, -0.05) is 44.2 Å². The van der Waals surface area contributed by atoms with Crippen molar-refractivity contribution in [2.24, 2.45) is 5.92 Å². The van der Waals surface area contributed by atoms with Gasteiger partial charge in [-0.2, -0.15) is 0 Å². The molecule has 2 aromatic rings. The average Bonchev–Trinajstić information content (AvgIpc) is 3.10. The van der Waals surface area contributed by atoms with Gasteiger partial charge in [0.2, 0.25) is 11.8 Å². The molecular weight excluding hydrogens is 368 g/mol. The summed E-state index contributed by atoms with van der Waals surface area (Å²) in [5.41, 5.74) is 3.65. The lowest BCUT2D eigenvalue weighted by atomic mass is 9.97. The highest BCUT2D eigenvalue weighted by Gasteiger charge is 2.37. The first kappa shape index (κ1) is 20.6. The van der Waals surface area contributed by atoms with Gasteiger partial charge in [0, 0.05) is 18.7 Å². The zero-order valence-electron chi connectivity index (χ0n) is 17.2. The van der Waals surface area contributed by atoms with E-state index >= 15 is 0 Å². The number of para-hydroxylation sites is 2. The number of rotatable bonds is 5. The van der Waals surface area contributed by atoms with Crippen LogP contribution >= 0.6 is 0 Å². The molecular formula is C23H26N2O4. The van der Waals surface area contributed by atoms with E-state index in [1.54, 1.807) is 24.3 Å². The maximum Gasteiger partial charge on any atom is 0.339 e. The molecule has 1 aliphatic heterocycles. The fraction of sp³-hybridized carbons (Fsp3) is 0.348. The van der Waals surface area contributed by atoms with Gasteiger partial charge < -0.3 is 15.0 Å². The Morgan fingerprint density at radius 1 is 1.14 bits per heavy atom. The summed E-state index contributed by atoms with van der Waals surface area (Å²) in [6.45, 7) is 6.34. The summed E-state index contributed by atoms with van der Waals surface area (Å²) in [5.74, 6) is -1.11. The van der Waals surface area contributed by atoms with Crippen molar-refractivity contribution in [3.05, 3.63) is 59.2 Å². The van der Waals surface area contributed by atoms with E-state index in [0.717, 1.165) is 16.8 Å². The molecule has 1 saturated heterocycles. The van der Waals surface area contributed by atoms with Crippen LogP contribution in [0, 0.1) is 12.8 Å². The Balaban J connectivity index is 1.82. The predicted octanol–water partition coefficient (Wildman–Crippen LogP) is 3.90. The van der Waals surface area contributed by atoms with E-state index in [9.17, 15) is 14.4 Å². The molecule has 2 amide bonds. The zero-order valence-corrected chi connectivity index (χ0v) is 17.2. The molecule has 6 heteroatoms. The minimum Gasteiger partial charge on any atom is -0.465 e. The minimum atomic E-state index is -0.511. The first-order valence-electron chi connectivity index (χ1n) is 9.71. The number of nitrogens with one attached hydrogen (secondary N) is 1. The second kappa shape index (κ2) is 8.47. The molecule has 3 rings (SSSR count). The van der Waals surface area contributed by atoms with Gasteiger partial charge in [0.1, 0.15) is 0 Å². The van der Waals surface area contributed by atoms with Gasteiger partial charge in [0.25, 0.3) is 0 Å². The van der Waals surface area contributed by atoms with Crippen LogP contribution in [0.15, 0.2) is 42.5 Å². The predicted molar refractivity (Wildman–Crippen MR) is 112 cm³/mol. The van der Waals surface area contributed by atoms with E-state index in [-0.39, 0.29) is 30.7 Å². The van der Waals surface area contributed by atoms with E-state index in [0.29, 0.717) is 11.3 Å². The number of esters is 1. The van der Waals surface area contributed by atoms with Crippen LogP contribution in [0.4, 0.5) is 11.4 Å². The molecule has 0 aromatic heterocycles. The van der Waals surface area contributed by atoms with Crippen molar-refractivity contribution in [1.29, 1.82) is 0 Å². The first-order chi connectivity index (χ1) is 13.8. The molecule has 0 saturated carbocycles. The fourth-order valence-electron chi connectivity index (χ4n) is 3.68. The third kappa shape index (κ3) is 4.16. The average molecular weight is 394 g/mol. The SMILES string of the molecule is COC(=O)c1ccccc1N1CC(C(=O)Nc2c(C)cccc2C(C)C)CC1=O. The second-order valence-corrected chi connectivity index (χ2v) is 7.60. The maximum atomic E-state index is 13.0. The zero-order chi connectivity index (χ0) is 21.1. The van der Waals surface area contributed by atoms with Gasteiger partial charge in [-0.3, -0.25) is 9.59 Å². The number of carbonyl (C=O) groups excluding carboxylic acids is 3. The number of anilines is 2. The highest BCUT2D eigenvalue weighted by Crippen LogP contribution is 2.31. The van der Waals surface area contributed by atoms with E-state index in [1.165, 1.54) is 12.0 Å². The van der Waals surface area contributed by atoms with Crippen molar-refractivity contribution in [2.75, 3.05) is 23.9 Å². The van der Waals surface area contributed by atoms with Crippen molar-refractivity contribution >= 4 is 29.2 Å². The minimum absolute atomic E-state index is 0.101. The summed E-state index contributed by atoms with van der Waals surface area (Å²) in [7, 11) is 1.30. The molecule has 6 nitrogen and oxygen atoms in total. The molecule has 1 fully saturated rings. The Hall–Kier alpha value is -3.15. The lowest BCUT2D eigenvalue weighted by molar-refractivity contribution is -0.122. The van der Waals surface area contributed by atoms with Crippen LogP contribution in [0.1, 0.15) is 47.7 Å². The number of aryl methyl sites for hydroxylation is 1. The van der Waals surface area contributed by atoms with E-state index in [2.05, 4.69) is 19.2 Å². The molecule has 0 radical (unpaired) electrons. The van der Waals surface area contributed by atoms with Gasteiger partial charge in [-0.15, -0.1) is 0 Å². The van der Waals surface area contributed by atoms with Gasteiger partial charge in [0.15, 0.2) is 0 Å². The van der Waals surface area contributed by atoms with Crippen LogP contribution in [0.2, 0.25) is 0 Å². The number of carbonyl (C=O) groups is 3. The Kier molecular flexibility index (Phi) is 6.01. The molecule has 1 N–H and O–H groups in total. The van der Waals surface area contributed by atoms with E-state index in [4.69, 9.17) is 4.74 Å². The van der Waals surface area contributed by atoms with Gasteiger partial charge in [-0.05, 0) is 36.1 Å². The fourth-order valence-corrected chi connectivity index (χ4v) is 3.68. The number of nitrogens with zero attached hydrogens (tertiary/aromatic N) is 1. The number of amides is 2. The Morgan fingerprint density at radius 2 is 1.86 bits per heavy atom. The highest BCUT2D eigenvalue weighted by atomic mass is 16.5. The molecule has 0 spiro atoms. The maximum absolute atomic E-state index is 13.0. The van der Waals surface area contributed by atoms with E-state index in [1.807, 2.05) is 25.1 Å². The van der Waals surface area contributed by atoms with Crippen LogP contribution < -0.4 is 10.2 Å². The summed E-state index contributed by atoms with van der Waals surface area (Å²) in [5, 5.41) is 3.03. The second-order valence-electron chi connectivity index (χ2n) is 7.60. The lowest BCUT2D eigenvalue weighted by Gasteiger charge is -2.20. The van der Waals surface area contributed by atoms with Crippen LogP contribution in [0.25, 0.3) is 0 Å². The highest BCUT2D eigenvalue weighted by molar-refractivity contribution is 6.07. The molecule has 152 valence electrons. The largest absolute Gasteiger partial charge is 0.465 e. The van der Waals surface area contributed by atoms with Gasteiger partial charge in [-0.25, -0.2) is 4.79 Å². The van der Waals surface area contributed by atoms with E-state index < -0.39 is 11.9 Å². The van der Waals surface area contributed by atoms with Crippen LogP contribution in [0.3, 0.4) is 0 Å². The number of benzene rings is 2. The molecule has 2 aromatic carbocycles. The monoisotopic (exact) mass is 394 g/mol. The first-order valence-corrected chi connectivity index (χ1v) is 9.71. The van der Waals surface area contributed by atoms with Crippen molar-refractivity contribution < 1.29 is 19.1 Å². The number of hydrogen-bond acceptors (Lipinski definition) is 4. The third-order valence-corrected chi connectivity index (χ3v) is 5.27. The summed E-state index contributed by atoms with van der Waals surface area (Å²) >= 11 is 0. The van der Waals surface area contributed by atoms with Gasteiger partial charge >= 0.3 is 5.97 Å². The van der Waals surface area contributed by atoms with Crippen LogP contribution in [-0.4, -0.2) is 31.4 Å². The Morgan fingerprint density at radius 3 is 2.55 bits per heavy atom. The van der Waals surface area contributed by atoms with Crippen LogP contribution in [0.5, 0.6) is 0 Å². The molecule has 1 aliphatic rings. The molecule has 29 heavy (non-hydrogen) atoms. The normalized spacial score (nSPS) is 16.2. The van der Waals surface area contributed by atoms with Gasteiger partial charge in [0.05, 0.1) is 24.3 Å². The van der Waals surface area contributed by atoms with Crippen LogP contribution in [-0.2, 0) is 14.3 Å². The number of ether oxygens (including phenoxy) is 1. The van der Waals surface area contributed by atoms with Crippen molar-refractivity contribution in [3.8, 4) is 0 Å². The van der Waals surface area contributed by atoms with Crippen molar-refractivity contribution in [3.63, 3.8) is 0 Å². The summed E-state index contributed by atoms with van der Waals surface area (Å²) in [4.78, 5) is 39.1. The Labute approximate surface area is 170 Å². The number of methoxy groups -OCH3 is 1. The van der Waals surface area contributed by atoms with Crippen molar-refractivity contribution in [2.45, 2.75) is 33.1 Å². The molecule has 1 unspecified atom stereocenters. The van der Waals surface area contributed by atoms with Crippen molar-refractivity contribution in [1.82, 2.24) is 0 Å². The molecule has 1 atom stereocenters. The Bertz CT molecular complexity index is 952. The third-order valence-electron chi connectivity index (χ3n) is 5.27.